The van der Waals surface area contributed by atoms with Crippen LogP contribution in [0.25, 0.3) is 0 Å². The van der Waals surface area contributed by atoms with Crippen LogP contribution in [0.15, 0.2) is 0 Å². The zero-order valence-corrected chi connectivity index (χ0v) is 26.3. The molecule has 2 nitrogen and oxygen atoms in total. The van der Waals surface area contributed by atoms with Crippen LogP contribution in [0, 0.1) is 52.3 Å². The Morgan fingerprint density at radius 3 is 1.62 bits per heavy atom. The molecule has 1 aliphatic rings. The van der Waals surface area contributed by atoms with Crippen LogP contribution in [-0.4, -0.2) is 22.4 Å². The summed E-state index contributed by atoms with van der Waals surface area (Å²) in [6.45, 7) is 33.4. The van der Waals surface area contributed by atoms with Gasteiger partial charge < -0.3 is 10.2 Å². The molecule has 1 saturated carbocycles. The van der Waals surface area contributed by atoms with Crippen molar-refractivity contribution in [3.05, 3.63) is 0 Å². The van der Waals surface area contributed by atoms with E-state index in [1.165, 1.54) is 12.8 Å². The summed E-state index contributed by atoms with van der Waals surface area (Å²) in [5.74, 6) is 4.44. The van der Waals surface area contributed by atoms with E-state index in [9.17, 15) is 10.2 Å². The van der Waals surface area contributed by atoms with E-state index in [-0.39, 0.29) is 23.0 Å². The third kappa shape index (κ3) is 13.9. The van der Waals surface area contributed by atoms with Gasteiger partial charge in [-0.1, -0.05) is 110 Å². The lowest BCUT2D eigenvalue weighted by molar-refractivity contribution is -0.0408. The highest BCUT2D eigenvalue weighted by molar-refractivity contribution is 4.91. The van der Waals surface area contributed by atoms with Gasteiger partial charge in [-0.3, -0.25) is 0 Å². The predicted molar refractivity (Wildman–Crippen MR) is 154 cm³/mol. The first-order valence-corrected chi connectivity index (χ1v) is 14.8. The van der Waals surface area contributed by atoms with Crippen LogP contribution < -0.4 is 0 Å². The van der Waals surface area contributed by atoms with Gasteiger partial charge in [0.1, 0.15) is 0 Å². The van der Waals surface area contributed by atoms with Gasteiger partial charge in [0.05, 0.1) is 12.2 Å². The van der Waals surface area contributed by atoms with E-state index in [4.69, 9.17) is 0 Å². The van der Waals surface area contributed by atoms with Crippen LogP contribution in [0.4, 0.5) is 0 Å². The molecular formula is C32H68O2. The molecule has 208 valence electrons. The Morgan fingerprint density at radius 2 is 1.26 bits per heavy atom. The van der Waals surface area contributed by atoms with E-state index >= 15 is 0 Å². The van der Waals surface area contributed by atoms with Gasteiger partial charge in [0.25, 0.3) is 0 Å². The third-order valence-corrected chi connectivity index (χ3v) is 8.14. The summed E-state index contributed by atoms with van der Waals surface area (Å²) in [5, 5.41) is 20.6. The Kier molecular flexibility index (Phi) is 17.6. The van der Waals surface area contributed by atoms with Gasteiger partial charge in [-0.15, -0.1) is 0 Å². The minimum atomic E-state index is -0.146. The Bertz CT molecular complexity index is 486. The number of aliphatic hydroxyl groups excluding tert-OH is 2. The quantitative estimate of drug-likeness (QED) is 0.342. The lowest BCUT2D eigenvalue weighted by atomic mass is 9.62. The van der Waals surface area contributed by atoms with E-state index in [2.05, 4.69) is 90.0 Å². The Labute approximate surface area is 217 Å². The highest BCUT2D eigenvalue weighted by Gasteiger charge is 2.41. The van der Waals surface area contributed by atoms with Crippen molar-refractivity contribution in [3.8, 4) is 0 Å². The van der Waals surface area contributed by atoms with E-state index in [0.29, 0.717) is 29.6 Å². The molecule has 0 spiro atoms. The summed E-state index contributed by atoms with van der Waals surface area (Å²) in [6, 6.07) is 0. The zero-order chi connectivity index (χ0) is 27.4. The predicted octanol–water partition coefficient (Wildman–Crippen LogP) is 9.62. The number of rotatable bonds is 9. The second kappa shape index (κ2) is 16.6. The van der Waals surface area contributed by atoms with Gasteiger partial charge in [0, 0.05) is 0 Å². The summed E-state index contributed by atoms with van der Waals surface area (Å²) in [6.07, 6.45) is 6.54. The van der Waals surface area contributed by atoms with Crippen molar-refractivity contribution in [2.75, 3.05) is 0 Å². The second-order valence-corrected chi connectivity index (χ2v) is 14.2. The number of hydrogen-bond acceptors (Lipinski definition) is 2. The Hall–Kier alpha value is -0.0800. The van der Waals surface area contributed by atoms with Crippen molar-refractivity contribution in [1.29, 1.82) is 0 Å². The van der Waals surface area contributed by atoms with Crippen molar-refractivity contribution in [2.45, 2.75) is 155 Å². The molecule has 0 aromatic heterocycles. The van der Waals surface area contributed by atoms with Crippen molar-refractivity contribution in [1.82, 2.24) is 0 Å². The van der Waals surface area contributed by atoms with Crippen LogP contribution in [0.1, 0.15) is 142 Å². The first-order chi connectivity index (χ1) is 15.4. The maximum absolute atomic E-state index is 10.4. The highest BCUT2D eigenvalue weighted by atomic mass is 16.3. The molecule has 0 aliphatic heterocycles. The molecule has 0 bridgehead atoms. The van der Waals surface area contributed by atoms with Crippen LogP contribution in [0.5, 0.6) is 0 Å². The molecule has 0 aromatic rings. The van der Waals surface area contributed by atoms with Crippen molar-refractivity contribution >= 4 is 0 Å². The average Bonchev–Trinajstić information content (AvgIpc) is 2.68. The molecule has 1 rings (SSSR count). The van der Waals surface area contributed by atoms with Crippen LogP contribution >= 0.6 is 0 Å². The van der Waals surface area contributed by atoms with Crippen LogP contribution in [-0.2, 0) is 0 Å². The second-order valence-electron chi connectivity index (χ2n) is 14.2. The molecule has 1 fully saturated rings. The lowest BCUT2D eigenvalue weighted by Gasteiger charge is -2.45. The molecule has 0 saturated heterocycles. The number of hydrogen-bond donors (Lipinski definition) is 2. The molecule has 2 heteroatoms. The fourth-order valence-corrected chi connectivity index (χ4v) is 5.73. The van der Waals surface area contributed by atoms with Gasteiger partial charge in [0.2, 0.25) is 0 Å². The third-order valence-electron chi connectivity index (χ3n) is 8.14. The maximum Gasteiger partial charge on any atom is 0.0576 e. The van der Waals surface area contributed by atoms with E-state index in [1.807, 2.05) is 13.8 Å². The van der Waals surface area contributed by atoms with E-state index < -0.39 is 0 Å². The summed E-state index contributed by atoms with van der Waals surface area (Å²) >= 11 is 0. The molecule has 0 amide bonds. The lowest BCUT2D eigenvalue weighted by Crippen LogP contribution is -2.42. The SMILES string of the molecule is CC.CC(C)CC(O)C(CC(C)C)C(C)(C)C.CCC(C)(C)C1CC(CC(C)C)C(C)CC1O. The van der Waals surface area contributed by atoms with Crippen LogP contribution in [0.2, 0.25) is 0 Å². The topological polar surface area (TPSA) is 40.5 Å². The molecule has 0 heterocycles. The van der Waals surface area contributed by atoms with Gasteiger partial charge >= 0.3 is 0 Å². The van der Waals surface area contributed by atoms with Gasteiger partial charge in [-0.2, -0.15) is 0 Å². The minimum Gasteiger partial charge on any atom is -0.393 e. The molecule has 0 radical (unpaired) electrons. The smallest absolute Gasteiger partial charge is 0.0576 e. The zero-order valence-electron chi connectivity index (χ0n) is 26.3. The summed E-state index contributed by atoms with van der Waals surface area (Å²) in [7, 11) is 0. The van der Waals surface area contributed by atoms with Gasteiger partial charge in [-0.05, 0) is 84.4 Å². The Morgan fingerprint density at radius 1 is 0.794 bits per heavy atom. The van der Waals surface area contributed by atoms with Gasteiger partial charge in [-0.25, -0.2) is 0 Å². The molecule has 34 heavy (non-hydrogen) atoms. The largest absolute Gasteiger partial charge is 0.393 e. The molecule has 6 unspecified atom stereocenters. The van der Waals surface area contributed by atoms with Crippen molar-refractivity contribution < 1.29 is 10.2 Å². The highest BCUT2D eigenvalue weighted by Crippen LogP contribution is 2.46. The molecule has 1 aliphatic carbocycles. The summed E-state index contributed by atoms with van der Waals surface area (Å²) in [4.78, 5) is 0. The van der Waals surface area contributed by atoms with E-state index in [1.54, 1.807) is 0 Å². The number of aliphatic hydroxyl groups is 2. The van der Waals surface area contributed by atoms with Crippen molar-refractivity contribution in [2.24, 2.45) is 52.3 Å². The minimum absolute atomic E-state index is 0.0802. The van der Waals surface area contributed by atoms with Crippen molar-refractivity contribution in [3.63, 3.8) is 0 Å². The van der Waals surface area contributed by atoms with Gasteiger partial charge in [0.15, 0.2) is 0 Å². The first kappa shape index (κ1) is 36.1. The molecule has 0 aromatic carbocycles. The fraction of sp³-hybridized carbons (Fsp3) is 1.00. The summed E-state index contributed by atoms with van der Waals surface area (Å²) in [5.41, 5.74) is 0.493. The fourth-order valence-electron chi connectivity index (χ4n) is 5.73. The normalized spacial score (nSPS) is 25.4. The van der Waals surface area contributed by atoms with Crippen LogP contribution in [0.3, 0.4) is 0 Å². The molecule has 2 N–H and O–H groups in total. The average molecular weight is 485 g/mol. The first-order valence-electron chi connectivity index (χ1n) is 14.8. The molecular weight excluding hydrogens is 416 g/mol. The Balaban J connectivity index is 0. The summed E-state index contributed by atoms with van der Waals surface area (Å²) < 4.78 is 0. The maximum atomic E-state index is 10.4. The monoisotopic (exact) mass is 485 g/mol. The standard InChI is InChI=1S/C16H32O.C14H30O.C2H6/c1-7-16(5,6)14-10-13(8-11(2)3)12(4)9-15(14)17;1-10(2)8-12(14(5,6)7)13(15)9-11(3)4;1-2/h11-15,17H,7-10H2,1-6H3;10-13,15H,8-9H2,1-7H3;1-2H3. The molecule has 6 atom stereocenters. The van der Waals surface area contributed by atoms with E-state index in [0.717, 1.165) is 37.5 Å².